The molecule has 0 spiro atoms. The molecule has 1 fully saturated rings. The molecular weight excluding hydrogens is 258 g/mol. The Labute approximate surface area is 132 Å². The Morgan fingerprint density at radius 1 is 1.05 bits per heavy atom. The van der Waals surface area contributed by atoms with E-state index in [9.17, 15) is 5.26 Å². The van der Waals surface area contributed by atoms with Crippen LogP contribution in [0.1, 0.15) is 78.6 Å². The molecule has 0 bridgehead atoms. The van der Waals surface area contributed by atoms with E-state index >= 15 is 0 Å². The first kappa shape index (κ1) is 18.5. The third-order valence-corrected chi connectivity index (χ3v) is 4.40. The molecule has 3 heteroatoms. The predicted octanol–water partition coefficient (Wildman–Crippen LogP) is 4.09. The lowest BCUT2D eigenvalue weighted by atomic mass is 9.96. The minimum atomic E-state index is -0.307. The molecule has 1 saturated carbocycles. The summed E-state index contributed by atoms with van der Waals surface area (Å²) in [5.41, 5.74) is -0.307. The van der Waals surface area contributed by atoms with Gasteiger partial charge in [-0.25, -0.2) is 0 Å². The summed E-state index contributed by atoms with van der Waals surface area (Å²) in [6.07, 6.45) is 11.0. The summed E-state index contributed by atoms with van der Waals surface area (Å²) >= 11 is 0. The number of nitriles is 1. The highest BCUT2D eigenvalue weighted by molar-refractivity contribution is 5.06. The first-order valence-corrected chi connectivity index (χ1v) is 9.05. The molecule has 1 aliphatic carbocycles. The largest absolute Gasteiger partial charge is 0.303 e. The number of nitrogens with one attached hydrogen (secondary N) is 1. The van der Waals surface area contributed by atoms with Crippen LogP contribution in [0.2, 0.25) is 0 Å². The summed E-state index contributed by atoms with van der Waals surface area (Å²) in [5.74, 6) is 0. The smallest absolute Gasteiger partial charge is 0.104 e. The van der Waals surface area contributed by atoms with Crippen LogP contribution in [-0.4, -0.2) is 36.1 Å². The molecule has 0 aromatic heterocycles. The van der Waals surface area contributed by atoms with Crippen LogP contribution in [0.4, 0.5) is 0 Å². The molecule has 0 aromatic rings. The maximum Gasteiger partial charge on any atom is 0.104 e. The summed E-state index contributed by atoms with van der Waals surface area (Å²) in [4.78, 5) is 2.62. The van der Waals surface area contributed by atoms with E-state index < -0.39 is 0 Å². The van der Waals surface area contributed by atoms with E-state index in [1.807, 2.05) is 0 Å². The average Bonchev–Trinajstić information content (AvgIpc) is 3.29. The van der Waals surface area contributed by atoms with Gasteiger partial charge in [-0.15, -0.1) is 0 Å². The third-order valence-electron chi connectivity index (χ3n) is 4.40. The van der Waals surface area contributed by atoms with Gasteiger partial charge in [0.05, 0.1) is 6.07 Å². The second kappa shape index (κ2) is 10.2. The van der Waals surface area contributed by atoms with Gasteiger partial charge in [-0.1, -0.05) is 26.7 Å². The Bertz CT molecular complexity index is 298. The molecule has 3 nitrogen and oxygen atoms in total. The summed E-state index contributed by atoms with van der Waals surface area (Å²) in [6, 6.07) is 3.09. The van der Waals surface area contributed by atoms with E-state index in [4.69, 9.17) is 0 Å². The summed E-state index contributed by atoms with van der Waals surface area (Å²) in [6.45, 7) is 10.3. The van der Waals surface area contributed by atoms with Crippen LogP contribution >= 0.6 is 0 Å². The van der Waals surface area contributed by atoms with Gasteiger partial charge in [0, 0.05) is 6.04 Å². The number of unbranched alkanes of at least 4 members (excludes halogenated alkanes) is 3. The lowest BCUT2D eigenvalue weighted by Gasteiger charge is -2.25. The van der Waals surface area contributed by atoms with E-state index in [1.165, 1.54) is 64.6 Å². The SMILES string of the molecule is CCCCN(CCCC)CCCCC(C)(C#N)NC1CC1. The molecule has 1 unspecified atom stereocenters. The van der Waals surface area contributed by atoms with Crippen LogP contribution in [0, 0.1) is 11.3 Å². The van der Waals surface area contributed by atoms with Crippen molar-refractivity contribution >= 4 is 0 Å². The standard InChI is InChI=1S/C18H35N3/c1-4-6-13-21(14-7-5-2)15-9-8-12-18(3,16-19)20-17-10-11-17/h17,20H,4-15H2,1-3H3. The summed E-state index contributed by atoms with van der Waals surface area (Å²) in [7, 11) is 0. The van der Waals surface area contributed by atoms with Crippen molar-refractivity contribution < 1.29 is 0 Å². The van der Waals surface area contributed by atoms with Gasteiger partial charge in [0.2, 0.25) is 0 Å². The highest BCUT2D eigenvalue weighted by Gasteiger charge is 2.31. The van der Waals surface area contributed by atoms with Crippen molar-refractivity contribution in [1.82, 2.24) is 10.2 Å². The van der Waals surface area contributed by atoms with Crippen LogP contribution in [0.15, 0.2) is 0 Å². The zero-order valence-electron chi connectivity index (χ0n) is 14.5. The van der Waals surface area contributed by atoms with Crippen LogP contribution in [0.5, 0.6) is 0 Å². The second-order valence-corrected chi connectivity index (χ2v) is 6.87. The first-order chi connectivity index (χ1) is 10.1. The molecule has 21 heavy (non-hydrogen) atoms. The first-order valence-electron chi connectivity index (χ1n) is 9.05. The predicted molar refractivity (Wildman–Crippen MR) is 90.3 cm³/mol. The van der Waals surface area contributed by atoms with E-state index in [2.05, 4.69) is 37.1 Å². The van der Waals surface area contributed by atoms with Crippen molar-refractivity contribution in [1.29, 1.82) is 5.26 Å². The minimum absolute atomic E-state index is 0.307. The van der Waals surface area contributed by atoms with Gasteiger partial charge in [0.25, 0.3) is 0 Å². The zero-order chi connectivity index (χ0) is 15.6. The third kappa shape index (κ3) is 8.44. The molecule has 0 radical (unpaired) electrons. The van der Waals surface area contributed by atoms with Crippen LogP contribution in [0.25, 0.3) is 0 Å². The van der Waals surface area contributed by atoms with Gasteiger partial charge in [0.15, 0.2) is 0 Å². The van der Waals surface area contributed by atoms with Crippen LogP contribution in [0.3, 0.4) is 0 Å². The fourth-order valence-corrected chi connectivity index (χ4v) is 2.75. The van der Waals surface area contributed by atoms with Gasteiger partial charge in [0.1, 0.15) is 5.54 Å². The molecule has 0 heterocycles. The normalized spacial score (nSPS) is 17.7. The molecule has 0 aromatic carbocycles. The molecule has 1 aliphatic rings. The number of hydrogen-bond donors (Lipinski definition) is 1. The molecule has 122 valence electrons. The van der Waals surface area contributed by atoms with Crippen LogP contribution in [-0.2, 0) is 0 Å². The van der Waals surface area contributed by atoms with Crippen molar-refractivity contribution in [3.8, 4) is 6.07 Å². The topological polar surface area (TPSA) is 39.1 Å². The lowest BCUT2D eigenvalue weighted by Crippen LogP contribution is -2.42. The average molecular weight is 293 g/mol. The summed E-state index contributed by atoms with van der Waals surface area (Å²) in [5, 5.41) is 12.9. The lowest BCUT2D eigenvalue weighted by molar-refractivity contribution is 0.255. The van der Waals surface area contributed by atoms with Gasteiger partial charge in [-0.2, -0.15) is 5.26 Å². The number of nitrogens with zero attached hydrogens (tertiary/aromatic N) is 2. The van der Waals surface area contributed by atoms with Gasteiger partial charge in [-0.05, 0) is 71.5 Å². The molecule has 0 aliphatic heterocycles. The molecular formula is C18H35N3. The number of rotatable bonds is 13. The van der Waals surface area contributed by atoms with E-state index in [0.29, 0.717) is 6.04 Å². The molecule has 0 amide bonds. The van der Waals surface area contributed by atoms with Crippen molar-refractivity contribution in [2.24, 2.45) is 0 Å². The molecule has 1 atom stereocenters. The van der Waals surface area contributed by atoms with Gasteiger partial charge >= 0.3 is 0 Å². The zero-order valence-corrected chi connectivity index (χ0v) is 14.5. The fraction of sp³-hybridized carbons (Fsp3) is 0.944. The van der Waals surface area contributed by atoms with Gasteiger partial charge < -0.3 is 4.90 Å². The highest BCUT2D eigenvalue weighted by Crippen LogP contribution is 2.24. The van der Waals surface area contributed by atoms with Crippen molar-refractivity contribution in [2.75, 3.05) is 19.6 Å². The maximum absolute atomic E-state index is 9.38. The van der Waals surface area contributed by atoms with E-state index in [0.717, 1.165) is 12.8 Å². The van der Waals surface area contributed by atoms with E-state index in [1.54, 1.807) is 0 Å². The van der Waals surface area contributed by atoms with Crippen molar-refractivity contribution in [3.05, 3.63) is 0 Å². The quantitative estimate of drug-likeness (QED) is 0.520. The Hall–Kier alpha value is -0.590. The summed E-state index contributed by atoms with van der Waals surface area (Å²) < 4.78 is 0. The van der Waals surface area contributed by atoms with Crippen molar-refractivity contribution in [3.63, 3.8) is 0 Å². The monoisotopic (exact) mass is 293 g/mol. The molecule has 0 saturated heterocycles. The van der Waals surface area contributed by atoms with Gasteiger partial charge in [-0.3, -0.25) is 5.32 Å². The van der Waals surface area contributed by atoms with Crippen LogP contribution < -0.4 is 5.32 Å². The number of hydrogen-bond acceptors (Lipinski definition) is 3. The minimum Gasteiger partial charge on any atom is -0.303 e. The Morgan fingerprint density at radius 3 is 2.10 bits per heavy atom. The Kier molecular flexibility index (Phi) is 8.96. The van der Waals surface area contributed by atoms with E-state index in [-0.39, 0.29) is 5.54 Å². The molecule has 1 rings (SSSR count). The second-order valence-electron chi connectivity index (χ2n) is 6.87. The fourth-order valence-electron chi connectivity index (χ4n) is 2.75. The highest BCUT2D eigenvalue weighted by atomic mass is 15.1. The Balaban J connectivity index is 2.20. The van der Waals surface area contributed by atoms with Crippen molar-refractivity contribution in [2.45, 2.75) is 90.1 Å². The molecule has 1 N–H and O–H groups in total. The maximum atomic E-state index is 9.38. The Morgan fingerprint density at radius 2 is 1.62 bits per heavy atom.